The fraction of sp³-hybridized carbons (Fsp3) is 0.267. The monoisotopic (exact) mass is 562 g/mol. The first-order chi connectivity index (χ1) is 19.7. The van der Waals surface area contributed by atoms with Crippen molar-refractivity contribution in [3.05, 3.63) is 89.7 Å². The van der Waals surface area contributed by atoms with E-state index in [1.165, 1.54) is 0 Å². The number of aryl methyl sites for hydroxylation is 1. The van der Waals surface area contributed by atoms with Gasteiger partial charge in [0.05, 0.1) is 18.4 Å². The van der Waals surface area contributed by atoms with E-state index in [1.807, 2.05) is 30.0 Å². The second-order valence-corrected chi connectivity index (χ2v) is 9.84. The van der Waals surface area contributed by atoms with Crippen molar-refractivity contribution < 1.29 is 22.7 Å². The van der Waals surface area contributed by atoms with Crippen LogP contribution in [0, 0.1) is 6.92 Å². The highest BCUT2D eigenvalue weighted by Gasteiger charge is 2.30. The largest absolute Gasteiger partial charge is 0.497 e. The lowest BCUT2D eigenvalue weighted by Crippen LogP contribution is -2.42. The topological polar surface area (TPSA) is 92.3 Å². The van der Waals surface area contributed by atoms with E-state index in [-0.39, 0.29) is 17.8 Å². The number of likely N-dealkylation sites (tertiary alicyclic amines) is 1. The number of carbonyl (C=O) groups is 1. The van der Waals surface area contributed by atoms with E-state index in [2.05, 4.69) is 25.6 Å². The number of ether oxygens (including phenoxy) is 1. The van der Waals surface area contributed by atoms with Crippen LogP contribution in [-0.2, 0) is 6.18 Å². The third kappa shape index (κ3) is 6.92. The fourth-order valence-electron chi connectivity index (χ4n) is 4.67. The molecule has 1 saturated heterocycles. The zero-order valence-corrected chi connectivity index (χ0v) is 22.6. The Hall–Kier alpha value is -4.67. The molecule has 4 heterocycles. The van der Waals surface area contributed by atoms with Gasteiger partial charge in [-0.25, -0.2) is 15.0 Å². The van der Waals surface area contributed by atoms with Gasteiger partial charge < -0.3 is 20.3 Å². The van der Waals surface area contributed by atoms with Crippen LogP contribution in [-0.4, -0.2) is 52.0 Å². The average molecular weight is 563 g/mol. The lowest BCUT2D eigenvalue weighted by molar-refractivity contribution is -0.137. The Labute approximate surface area is 235 Å². The quantitative estimate of drug-likeness (QED) is 0.272. The molecule has 3 aromatic heterocycles. The summed E-state index contributed by atoms with van der Waals surface area (Å²) in [6.07, 6.45) is -0.0523. The molecule has 11 heteroatoms. The molecule has 2 N–H and O–H groups in total. The number of pyridine rings is 3. The molecule has 1 aromatic carbocycles. The molecule has 0 bridgehead atoms. The highest BCUT2D eigenvalue weighted by molar-refractivity contribution is 5.94. The molecule has 0 saturated carbocycles. The first-order valence-corrected chi connectivity index (χ1v) is 13.1. The van der Waals surface area contributed by atoms with Crippen molar-refractivity contribution in [2.45, 2.75) is 32.0 Å². The minimum atomic E-state index is -4.46. The number of piperidine rings is 1. The van der Waals surface area contributed by atoms with Crippen LogP contribution in [0.5, 0.6) is 5.75 Å². The molecule has 0 atom stereocenters. The molecule has 4 aromatic rings. The zero-order chi connectivity index (χ0) is 29.0. The fourth-order valence-corrected chi connectivity index (χ4v) is 4.67. The molecular weight excluding hydrogens is 533 g/mol. The minimum absolute atomic E-state index is 0.0110. The van der Waals surface area contributed by atoms with Crippen LogP contribution in [0.1, 0.15) is 34.3 Å². The van der Waals surface area contributed by atoms with Gasteiger partial charge in [0.15, 0.2) is 0 Å². The van der Waals surface area contributed by atoms with Crippen LogP contribution in [0.3, 0.4) is 0 Å². The molecule has 0 spiro atoms. The summed E-state index contributed by atoms with van der Waals surface area (Å²) in [4.78, 5) is 27.8. The van der Waals surface area contributed by atoms with E-state index in [0.29, 0.717) is 41.7 Å². The number of halogens is 3. The van der Waals surface area contributed by atoms with Crippen molar-refractivity contribution in [1.82, 2.24) is 19.9 Å². The SMILES string of the molecule is COc1ccc(C(=O)N2CCC(Nc3ccc(-c4cc(C)cc(Nc5cc(C(F)(F)F)ccn5)n4)cn3)CC2)cc1. The summed E-state index contributed by atoms with van der Waals surface area (Å²) in [6, 6.07) is 16.6. The predicted molar refractivity (Wildman–Crippen MR) is 150 cm³/mol. The minimum Gasteiger partial charge on any atom is -0.497 e. The Morgan fingerprint density at radius 3 is 2.37 bits per heavy atom. The van der Waals surface area contributed by atoms with Crippen LogP contribution in [0.25, 0.3) is 11.3 Å². The smallest absolute Gasteiger partial charge is 0.416 e. The molecule has 0 aliphatic carbocycles. The summed E-state index contributed by atoms with van der Waals surface area (Å²) in [5.41, 5.74) is 2.12. The van der Waals surface area contributed by atoms with Gasteiger partial charge in [0.25, 0.3) is 5.91 Å². The van der Waals surface area contributed by atoms with Crippen molar-refractivity contribution in [1.29, 1.82) is 0 Å². The number of carbonyl (C=O) groups excluding carboxylic acids is 1. The zero-order valence-electron chi connectivity index (χ0n) is 22.6. The number of hydrogen-bond acceptors (Lipinski definition) is 7. The molecule has 0 unspecified atom stereocenters. The van der Waals surface area contributed by atoms with E-state index < -0.39 is 11.7 Å². The van der Waals surface area contributed by atoms with Gasteiger partial charge in [-0.2, -0.15) is 13.2 Å². The highest BCUT2D eigenvalue weighted by Crippen LogP contribution is 2.31. The molecule has 1 aliphatic rings. The summed E-state index contributed by atoms with van der Waals surface area (Å²) in [7, 11) is 1.59. The van der Waals surface area contributed by atoms with E-state index >= 15 is 0 Å². The second kappa shape index (κ2) is 11.8. The summed E-state index contributed by atoms with van der Waals surface area (Å²) < 4.78 is 44.4. The maximum atomic E-state index is 13.1. The number of nitrogens with one attached hydrogen (secondary N) is 2. The van der Waals surface area contributed by atoms with E-state index in [4.69, 9.17) is 4.74 Å². The molecule has 8 nitrogen and oxygen atoms in total. The second-order valence-electron chi connectivity index (χ2n) is 9.84. The number of amides is 1. The molecule has 1 amide bonds. The van der Waals surface area contributed by atoms with Gasteiger partial charge in [-0.1, -0.05) is 0 Å². The molecule has 1 aliphatic heterocycles. The Morgan fingerprint density at radius 1 is 0.951 bits per heavy atom. The number of benzene rings is 1. The molecule has 41 heavy (non-hydrogen) atoms. The number of aromatic nitrogens is 3. The normalized spacial score (nSPS) is 14.0. The van der Waals surface area contributed by atoms with Crippen LogP contribution in [0.4, 0.5) is 30.6 Å². The van der Waals surface area contributed by atoms with Gasteiger partial charge in [0.2, 0.25) is 0 Å². The Bertz CT molecular complexity index is 1500. The first-order valence-electron chi connectivity index (χ1n) is 13.1. The van der Waals surface area contributed by atoms with Crippen molar-refractivity contribution in [2.75, 3.05) is 30.8 Å². The highest BCUT2D eigenvalue weighted by atomic mass is 19.4. The number of anilines is 3. The van der Waals surface area contributed by atoms with E-state index in [0.717, 1.165) is 42.3 Å². The average Bonchev–Trinajstić information content (AvgIpc) is 2.97. The number of methoxy groups -OCH3 is 1. The standard InChI is InChI=1S/C30H29F3N6O2/c1-19-15-25(37-28(16-19)38-27-17-22(9-12-34-27)30(31,32)33)21-5-8-26(35-18-21)36-23-10-13-39(14-11-23)29(40)20-3-6-24(41-2)7-4-20/h3-9,12,15-18,23H,10-11,13-14H2,1-2H3,(H,35,36)(H,34,37,38). The van der Waals surface area contributed by atoms with Crippen molar-refractivity contribution in [2.24, 2.45) is 0 Å². The van der Waals surface area contributed by atoms with Crippen molar-refractivity contribution in [3.63, 3.8) is 0 Å². The number of rotatable bonds is 7. The Balaban J connectivity index is 1.19. The van der Waals surface area contributed by atoms with Gasteiger partial charge in [-0.3, -0.25) is 4.79 Å². The van der Waals surface area contributed by atoms with E-state index in [9.17, 15) is 18.0 Å². The molecule has 0 radical (unpaired) electrons. The van der Waals surface area contributed by atoms with Crippen molar-refractivity contribution in [3.8, 4) is 17.0 Å². The summed E-state index contributed by atoms with van der Waals surface area (Å²) >= 11 is 0. The molecular formula is C30H29F3N6O2. The summed E-state index contributed by atoms with van der Waals surface area (Å²) in [6.45, 7) is 3.17. The van der Waals surface area contributed by atoms with Gasteiger partial charge in [0.1, 0.15) is 23.2 Å². The third-order valence-corrected chi connectivity index (χ3v) is 6.84. The predicted octanol–water partition coefficient (Wildman–Crippen LogP) is 6.33. The Morgan fingerprint density at radius 2 is 1.71 bits per heavy atom. The number of alkyl halides is 3. The maximum Gasteiger partial charge on any atom is 0.416 e. The number of nitrogens with zero attached hydrogens (tertiary/aromatic N) is 4. The van der Waals surface area contributed by atoms with Crippen LogP contribution in [0.2, 0.25) is 0 Å². The van der Waals surface area contributed by atoms with Crippen molar-refractivity contribution >= 4 is 23.4 Å². The third-order valence-electron chi connectivity index (χ3n) is 6.84. The first kappa shape index (κ1) is 27.9. The lowest BCUT2D eigenvalue weighted by Gasteiger charge is -2.32. The summed E-state index contributed by atoms with van der Waals surface area (Å²) in [5, 5.41) is 6.32. The molecule has 1 fully saturated rings. The van der Waals surface area contributed by atoms with Crippen LogP contribution >= 0.6 is 0 Å². The number of hydrogen-bond donors (Lipinski definition) is 2. The van der Waals surface area contributed by atoms with Gasteiger partial charge >= 0.3 is 6.18 Å². The molecule has 5 rings (SSSR count). The van der Waals surface area contributed by atoms with Gasteiger partial charge in [0, 0.05) is 42.7 Å². The Kier molecular flexibility index (Phi) is 8.04. The van der Waals surface area contributed by atoms with Gasteiger partial charge in [-0.05, 0) is 86.0 Å². The van der Waals surface area contributed by atoms with Crippen LogP contribution < -0.4 is 15.4 Å². The lowest BCUT2D eigenvalue weighted by atomic mass is 10.0. The van der Waals surface area contributed by atoms with Gasteiger partial charge in [-0.15, -0.1) is 0 Å². The maximum absolute atomic E-state index is 13.1. The van der Waals surface area contributed by atoms with E-state index in [1.54, 1.807) is 43.6 Å². The summed E-state index contributed by atoms with van der Waals surface area (Å²) in [5.74, 6) is 1.87. The van der Waals surface area contributed by atoms with Crippen LogP contribution in [0.15, 0.2) is 73.1 Å². The molecule has 212 valence electrons.